The Bertz CT molecular complexity index is 82.9. The Balaban J connectivity index is 2.41. The molecule has 0 radical (unpaired) electrons. The van der Waals surface area contributed by atoms with Crippen molar-refractivity contribution in [3.8, 4) is 0 Å². The van der Waals surface area contributed by atoms with Gasteiger partial charge < -0.3 is 10.2 Å². The van der Waals surface area contributed by atoms with E-state index in [1.807, 2.05) is 0 Å². The van der Waals surface area contributed by atoms with Crippen molar-refractivity contribution < 1.29 is 0 Å². The summed E-state index contributed by atoms with van der Waals surface area (Å²) in [4.78, 5) is 2.39. The number of likely N-dealkylation sites (N-methyl/N-ethyl adjacent to an activating group) is 1. The maximum absolute atomic E-state index is 3.42. The third kappa shape index (κ3) is 1.43. The van der Waals surface area contributed by atoms with Gasteiger partial charge in [0, 0.05) is 25.2 Å². The first-order valence-corrected chi connectivity index (χ1v) is 3.65. The first-order valence-electron chi connectivity index (χ1n) is 3.65. The minimum absolute atomic E-state index is 0.656. The highest BCUT2D eigenvalue weighted by atomic mass is 15.2. The molecule has 9 heavy (non-hydrogen) atoms. The fourth-order valence-corrected chi connectivity index (χ4v) is 1.22. The van der Waals surface area contributed by atoms with E-state index in [-0.39, 0.29) is 0 Å². The normalized spacial score (nSPS) is 39.0. The fraction of sp³-hybridized carbons (Fsp3) is 1.00. The van der Waals surface area contributed by atoms with E-state index in [4.69, 9.17) is 0 Å². The summed E-state index contributed by atoms with van der Waals surface area (Å²) in [6.45, 7) is 6.82. The number of hydrogen-bond donors (Lipinski definition) is 1. The van der Waals surface area contributed by atoms with Crippen LogP contribution in [0.5, 0.6) is 0 Å². The third-order valence-corrected chi connectivity index (χ3v) is 2.35. The predicted molar refractivity (Wildman–Crippen MR) is 39.6 cm³/mol. The second-order valence-corrected chi connectivity index (χ2v) is 2.96. The van der Waals surface area contributed by atoms with Crippen molar-refractivity contribution in [2.24, 2.45) is 0 Å². The monoisotopic (exact) mass is 128 g/mol. The summed E-state index contributed by atoms with van der Waals surface area (Å²) < 4.78 is 0. The lowest BCUT2D eigenvalue weighted by molar-refractivity contribution is 0.172. The predicted octanol–water partition coefficient (Wildman–Crippen LogP) is 0.298. The minimum Gasteiger partial charge on any atom is -0.311 e. The van der Waals surface area contributed by atoms with Gasteiger partial charge in [-0.15, -0.1) is 0 Å². The lowest BCUT2D eigenvalue weighted by Gasteiger charge is -2.35. The Morgan fingerprint density at radius 2 is 2.11 bits per heavy atom. The van der Waals surface area contributed by atoms with E-state index in [0.29, 0.717) is 12.1 Å². The Kier molecular flexibility index (Phi) is 2.09. The Morgan fingerprint density at radius 3 is 2.56 bits per heavy atom. The van der Waals surface area contributed by atoms with Crippen molar-refractivity contribution in [3.05, 3.63) is 0 Å². The second kappa shape index (κ2) is 2.67. The summed E-state index contributed by atoms with van der Waals surface area (Å²) in [5.41, 5.74) is 0. The molecular weight excluding hydrogens is 112 g/mol. The van der Waals surface area contributed by atoms with Crippen LogP contribution in [0.3, 0.4) is 0 Å². The standard InChI is InChI=1S/C7H16N2/c1-6-7(2)9(3)5-4-8-6/h6-8H,4-5H2,1-3H3/t6-,7-/m1/s1. The van der Waals surface area contributed by atoms with E-state index in [0.717, 1.165) is 6.54 Å². The van der Waals surface area contributed by atoms with Gasteiger partial charge in [-0.3, -0.25) is 0 Å². The van der Waals surface area contributed by atoms with E-state index in [2.05, 4.69) is 31.1 Å². The molecule has 54 valence electrons. The van der Waals surface area contributed by atoms with Gasteiger partial charge in [-0.1, -0.05) is 0 Å². The Morgan fingerprint density at radius 1 is 1.44 bits per heavy atom. The van der Waals surface area contributed by atoms with Gasteiger partial charge in [-0.2, -0.15) is 0 Å². The molecule has 0 saturated carbocycles. The summed E-state index contributed by atoms with van der Waals surface area (Å²) >= 11 is 0. The fourth-order valence-electron chi connectivity index (χ4n) is 1.22. The lowest BCUT2D eigenvalue weighted by Crippen LogP contribution is -2.53. The molecule has 2 heteroatoms. The zero-order chi connectivity index (χ0) is 6.85. The summed E-state index contributed by atoms with van der Waals surface area (Å²) in [5, 5.41) is 3.42. The van der Waals surface area contributed by atoms with E-state index in [1.54, 1.807) is 0 Å². The van der Waals surface area contributed by atoms with Crippen LogP contribution >= 0.6 is 0 Å². The first-order chi connectivity index (χ1) is 4.22. The molecule has 1 rings (SSSR count). The first kappa shape index (κ1) is 7.03. The largest absolute Gasteiger partial charge is 0.311 e. The van der Waals surface area contributed by atoms with Crippen LogP contribution in [0.15, 0.2) is 0 Å². The van der Waals surface area contributed by atoms with Crippen LogP contribution in [0.4, 0.5) is 0 Å². The molecule has 1 fully saturated rings. The quantitative estimate of drug-likeness (QED) is 0.504. The zero-order valence-corrected chi connectivity index (χ0v) is 6.52. The molecule has 2 atom stereocenters. The van der Waals surface area contributed by atoms with Crippen LogP contribution in [0, 0.1) is 0 Å². The van der Waals surface area contributed by atoms with Gasteiger partial charge >= 0.3 is 0 Å². The van der Waals surface area contributed by atoms with Gasteiger partial charge in [0.15, 0.2) is 0 Å². The molecule has 0 amide bonds. The Hall–Kier alpha value is -0.0800. The minimum atomic E-state index is 0.656. The molecule has 0 unspecified atom stereocenters. The number of nitrogens with zero attached hydrogens (tertiary/aromatic N) is 1. The van der Waals surface area contributed by atoms with Crippen molar-refractivity contribution in [1.29, 1.82) is 0 Å². The van der Waals surface area contributed by atoms with E-state index >= 15 is 0 Å². The molecule has 1 aliphatic rings. The van der Waals surface area contributed by atoms with Crippen LogP contribution in [0.2, 0.25) is 0 Å². The van der Waals surface area contributed by atoms with Crippen molar-refractivity contribution in [2.75, 3.05) is 20.1 Å². The number of nitrogens with one attached hydrogen (secondary N) is 1. The summed E-state index contributed by atoms with van der Waals surface area (Å²) in [6.07, 6.45) is 0. The third-order valence-electron chi connectivity index (χ3n) is 2.35. The maximum atomic E-state index is 3.42. The number of piperazine rings is 1. The van der Waals surface area contributed by atoms with Crippen LogP contribution in [-0.4, -0.2) is 37.1 Å². The summed E-state index contributed by atoms with van der Waals surface area (Å²) in [7, 11) is 2.18. The van der Waals surface area contributed by atoms with Gasteiger partial charge in [0.05, 0.1) is 0 Å². The average Bonchev–Trinajstić information content (AvgIpc) is 1.83. The molecule has 0 aromatic heterocycles. The smallest absolute Gasteiger partial charge is 0.0215 e. The molecule has 1 N–H and O–H groups in total. The molecule has 0 spiro atoms. The Labute approximate surface area is 57.2 Å². The van der Waals surface area contributed by atoms with Crippen molar-refractivity contribution in [3.63, 3.8) is 0 Å². The SMILES string of the molecule is C[C@@H]1[C@@H](C)NCCN1C. The summed E-state index contributed by atoms with van der Waals surface area (Å²) in [5.74, 6) is 0. The highest BCUT2D eigenvalue weighted by molar-refractivity contribution is 4.80. The molecule has 2 nitrogen and oxygen atoms in total. The average molecular weight is 128 g/mol. The second-order valence-electron chi connectivity index (χ2n) is 2.96. The van der Waals surface area contributed by atoms with Gasteiger partial charge in [0.25, 0.3) is 0 Å². The van der Waals surface area contributed by atoms with Gasteiger partial charge in [0.2, 0.25) is 0 Å². The molecule has 0 aliphatic carbocycles. The molecular formula is C7H16N2. The molecule has 0 bridgehead atoms. The van der Waals surface area contributed by atoms with E-state index in [9.17, 15) is 0 Å². The molecule has 0 aromatic rings. The molecule has 1 heterocycles. The molecule has 1 saturated heterocycles. The van der Waals surface area contributed by atoms with Crippen molar-refractivity contribution in [2.45, 2.75) is 25.9 Å². The van der Waals surface area contributed by atoms with Gasteiger partial charge in [-0.25, -0.2) is 0 Å². The van der Waals surface area contributed by atoms with Crippen LogP contribution in [0.25, 0.3) is 0 Å². The van der Waals surface area contributed by atoms with Crippen LogP contribution < -0.4 is 5.32 Å². The summed E-state index contributed by atoms with van der Waals surface area (Å²) in [6, 6.07) is 1.35. The van der Waals surface area contributed by atoms with Gasteiger partial charge in [0.1, 0.15) is 0 Å². The van der Waals surface area contributed by atoms with Gasteiger partial charge in [-0.05, 0) is 20.9 Å². The molecule has 0 aromatic carbocycles. The number of rotatable bonds is 0. The van der Waals surface area contributed by atoms with Crippen LogP contribution in [-0.2, 0) is 0 Å². The zero-order valence-electron chi connectivity index (χ0n) is 6.52. The van der Waals surface area contributed by atoms with Crippen molar-refractivity contribution in [1.82, 2.24) is 10.2 Å². The molecule has 1 aliphatic heterocycles. The highest BCUT2D eigenvalue weighted by Gasteiger charge is 2.19. The lowest BCUT2D eigenvalue weighted by atomic mass is 10.1. The number of hydrogen-bond acceptors (Lipinski definition) is 2. The maximum Gasteiger partial charge on any atom is 0.0215 e. The van der Waals surface area contributed by atoms with Crippen LogP contribution in [0.1, 0.15) is 13.8 Å². The topological polar surface area (TPSA) is 15.3 Å². The van der Waals surface area contributed by atoms with E-state index < -0.39 is 0 Å². The van der Waals surface area contributed by atoms with Crippen molar-refractivity contribution >= 4 is 0 Å². The highest BCUT2D eigenvalue weighted by Crippen LogP contribution is 2.04. The van der Waals surface area contributed by atoms with E-state index in [1.165, 1.54) is 6.54 Å².